The van der Waals surface area contributed by atoms with Crippen molar-refractivity contribution in [2.45, 2.75) is 31.0 Å². The lowest BCUT2D eigenvalue weighted by atomic mass is 10.2. The number of halogens is 1. The number of anilines is 1. The zero-order valence-corrected chi connectivity index (χ0v) is 14.0. The molecule has 2 atom stereocenters. The average molecular weight is 355 g/mol. The number of rotatable bonds is 5. The summed E-state index contributed by atoms with van der Waals surface area (Å²) in [6.07, 6.45) is -1.42. The van der Waals surface area contributed by atoms with E-state index in [-0.39, 0.29) is 5.91 Å². The number of carbonyl (C=O) groups is 2. The van der Waals surface area contributed by atoms with Crippen LogP contribution in [-0.4, -0.2) is 29.4 Å². The minimum atomic E-state index is -0.774. The summed E-state index contributed by atoms with van der Waals surface area (Å²) in [6, 6.07) is 3.95. The van der Waals surface area contributed by atoms with Crippen LogP contribution >= 0.6 is 23.5 Å². The third-order valence-electron chi connectivity index (χ3n) is 3.15. The molecule has 0 saturated carbocycles. The molecule has 2 amide bonds. The highest BCUT2D eigenvalue weighted by Gasteiger charge is 2.40. The second-order valence-electron chi connectivity index (χ2n) is 4.73. The quantitative estimate of drug-likeness (QED) is 0.378. The summed E-state index contributed by atoms with van der Waals surface area (Å²) in [5.41, 5.74) is 0.352. The molecular formula is C14H14FN3O3S2. The molecule has 1 unspecified atom stereocenters. The van der Waals surface area contributed by atoms with Gasteiger partial charge in [0.05, 0.1) is 16.8 Å². The van der Waals surface area contributed by atoms with Crippen molar-refractivity contribution in [1.29, 1.82) is 5.26 Å². The number of thiocyanates is 1. The Labute approximate surface area is 141 Å². The van der Waals surface area contributed by atoms with E-state index in [1.165, 1.54) is 29.7 Å². The monoisotopic (exact) mass is 355 g/mol. The number of hydrogen-bond acceptors (Lipinski definition) is 6. The Hall–Kier alpha value is -1.92. The fraction of sp³-hybridized carbons (Fsp3) is 0.357. The SMILES string of the molecule is CC(=O)N[C@H]1OC(=O)N(c2ccc(SCSC#N)c(F)c2)C1C. The maximum Gasteiger partial charge on any atom is 0.416 e. The van der Waals surface area contributed by atoms with Crippen LogP contribution in [0, 0.1) is 16.5 Å². The smallest absolute Gasteiger partial charge is 0.416 e. The van der Waals surface area contributed by atoms with Gasteiger partial charge >= 0.3 is 6.09 Å². The van der Waals surface area contributed by atoms with Crippen LogP contribution < -0.4 is 10.2 Å². The maximum atomic E-state index is 14.1. The first-order valence-electron chi connectivity index (χ1n) is 6.64. The first-order chi connectivity index (χ1) is 10.9. The number of benzene rings is 1. The normalized spacial score (nSPS) is 20.1. The van der Waals surface area contributed by atoms with Crippen LogP contribution in [0.15, 0.2) is 23.1 Å². The van der Waals surface area contributed by atoms with E-state index in [2.05, 4.69) is 5.32 Å². The van der Waals surface area contributed by atoms with E-state index in [1.54, 1.807) is 19.1 Å². The molecular weight excluding hydrogens is 341 g/mol. The number of carbonyl (C=O) groups excluding carboxylic acids is 2. The van der Waals surface area contributed by atoms with Gasteiger partial charge in [0.1, 0.15) is 11.2 Å². The van der Waals surface area contributed by atoms with Crippen molar-refractivity contribution >= 4 is 41.2 Å². The lowest BCUT2D eigenvalue weighted by Crippen LogP contribution is -2.43. The van der Waals surface area contributed by atoms with Gasteiger partial charge in [-0.2, -0.15) is 5.26 Å². The molecule has 1 aromatic carbocycles. The molecule has 1 saturated heterocycles. The van der Waals surface area contributed by atoms with Crippen LogP contribution in [-0.2, 0) is 9.53 Å². The van der Waals surface area contributed by atoms with Crippen LogP contribution in [0.25, 0.3) is 0 Å². The molecule has 0 aliphatic carbocycles. The van der Waals surface area contributed by atoms with Crippen LogP contribution in [0.2, 0.25) is 0 Å². The Kier molecular flexibility index (Phi) is 5.74. The van der Waals surface area contributed by atoms with Crippen molar-refractivity contribution in [2.75, 3.05) is 9.98 Å². The number of thioether (sulfide) groups is 2. The predicted octanol–water partition coefficient (Wildman–Crippen LogP) is 2.90. The molecule has 0 radical (unpaired) electrons. The zero-order chi connectivity index (χ0) is 17.0. The van der Waals surface area contributed by atoms with Gasteiger partial charge in [-0.25, -0.2) is 9.18 Å². The molecule has 1 heterocycles. The van der Waals surface area contributed by atoms with Crippen molar-refractivity contribution < 1.29 is 18.7 Å². The second-order valence-corrected chi connectivity index (χ2v) is 6.87. The third-order valence-corrected chi connectivity index (χ3v) is 4.86. The molecule has 6 nitrogen and oxygen atoms in total. The second kappa shape index (κ2) is 7.57. The van der Waals surface area contributed by atoms with Crippen molar-refractivity contribution in [3.05, 3.63) is 24.0 Å². The summed E-state index contributed by atoms with van der Waals surface area (Å²) >= 11 is 2.23. The van der Waals surface area contributed by atoms with Gasteiger partial charge in [0.25, 0.3) is 0 Å². The number of nitrogens with zero attached hydrogens (tertiary/aromatic N) is 2. The Balaban J connectivity index is 2.15. The number of amides is 2. The van der Waals surface area contributed by atoms with E-state index in [1.807, 2.05) is 5.40 Å². The van der Waals surface area contributed by atoms with E-state index < -0.39 is 24.2 Å². The van der Waals surface area contributed by atoms with Gasteiger partial charge < -0.3 is 10.1 Å². The summed E-state index contributed by atoms with van der Waals surface area (Å²) < 4.78 is 19.2. The number of ether oxygens (including phenoxy) is 1. The van der Waals surface area contributed by atoms with Crippen molar-refractivity contribution in [1.82, 2.24) is 5.32 Å². The highest BCUT2D eigenvalue weighted by atomic mass is 32.2. The molecule has 1 aromatic rings. The largest absolute Gasteiger partial charge is 0.423 e. The number of hydrogen-bond donors (Lipinski definition) is 1. The van der Waals surface area contributed by atoms with Crippen molar-refractivity contribution in [3.63, 3.8) is 0 Å². The van der Waals surface area contributed by atoms with E-state index in [4.69, 9.17) is 10.00 Å². The van der Waals surface area contributed by atoms with Gasteiger partial charge in [-0.3, -0.25) is 9.69 Å². The standard InChI is InChI=1S/C14H14FN3O3S2/c1-8-13(17-9(2)19)21-14(20)18(8)10-3-4-12(11(15)5-10)23-7-22-6-16/h3-5,8,13H,7H2,1-2H3,(H,17,19)/t8?,13-/m0/s1. The molecule has 23 heavy (non-hydrogen) atoms. The molecule has 1 fully saturated rings. The molecule has 0 spiro atoms. The molecule has 1 aliphatic rings. The zero-order valence-electron chi connectivity index (χ0n) is 12.4. The van der Waals surface area contributed by atoms with Crippen LogP contribution in [0.1, 0.15) is 13.8 Å². The van der Waals surface area contributed by atoms with E-state index in [0.29, 0.717) is 15.7 Å². The van der Waals surface area contributed by atoms with E-state index in [0.717, 1.165) is 11.8 Å². The highest BCUT2D eigenvalue weighted by Crippen LogP contribution is 2.31. The summed E-state index contributed by atoms with van der Waals surface area (Å²) in [5.74, 6) is -0.793. The fourth-order valence-corrected chi connectivity index (χ4v) is 3.45. The molecule has 1 aliphatic heterocycles. The Morgan fingerprint density at radius 2 is 2.30 bits per heavy atom. The van der Waals surface area contributed by atoms with Gasteiger partial charge in [-0.1, -0.05) is 0 Å². The summed E-state index contributed by atoms with van der Waals surface area (Å²) in [5, 5.41) is 13.3. The molecule has 2 rings (SSSR count). The number of nitriles is 1. The topological polar surface area (TPSA) is 82.4 Å². The van der Waals surface area contributed by atoms with E-state index in [9.17, 15) is 14.0 Å². The average Bonchev–Trinajstić information content (AvgIpc) is 2.75. The first kappa shape index (κ1) is 17.4. The maximum absolute atomic E-state index is 14.1. The first-order valence-corrected chi connectivity index (χ1v) is 8.61. The summed E-state index contributed by atoms with van der Waals surface area (Å²) in [6.45, 7) is 3.03. The van der Waals surface area contributed by atoms with Crippen molar-refractivity contribution in [2.24, 2.45) is 0 Å². The van der Waals surface area contributed by atoms with Gasteiger partial charge in [-0.15, -0.1) is 11.8 Å². The van der Waals surface area contributed by atoms with Gasteiger partial charge in [0.15, 0.2) is 6.23 Å². The van der Waals surface area contributed by atoms with Gasteiger partial charge in [0, 0.05) is 11.8 Å². The Bertz CT molecular complexity index is 665. The molecule has 0 aromatic heterocycles. The molecule has 1 N–H and O–H groups in total. The predicted molar refractivity (Wildman–Crippen MR) is 86.4 cm³/mol. The van der Waals surface area contributed by atoms with Crippen molar-refractivity contribution in [3.8, 4) is 5.40 Å². The minimum Gasteiger partial charge on any atom is -0.423 e. The summed E-state index contributed by atoms with van der Waals surface area (Å²) in [4.78, 5) is 24.8. The van der Waals surface area contributed by atoms with Crippen LogP contribution in [0.5, 0.6) is 0 Å². The fourth-order valence-electron chi connectivity index (χ4n) is 2.13. The van der Waals surface area contributed by atoms with Gasteiger partial charge in [0.2, 0.25) is 5.91 Å². The Morgan fingerprint density at radius 1 is 1.57 bits per heavy atom. The number of cyclic esters (lactones) is 1. The summed E-state index contributed by atoms with van der Waals surface area (Å²) in [7, 11) is 0. The lowest BCUT2D eigenvalue weighted by Gasteiger charge is -2.21. The third kappa shape index (κ3) is 4.09. The molecule has 9 heteroatoms. The van der Waals surface area contributed by atoms with Crippen LogP contribution in [0.4, 0.5) is 14.9 Å². The Morgan fingerprint density at radius 3 is 2.91 bits per heavy atom. The minimum absolute atomic E-state index is 0.315. The molecule has 0 bridgehead atoms. The number of nitrogens with one attached hydrogen (secondary N) is 1. The van der Waals surface area contributed by atoms with Crippen LogP contribution in [0.3, 0.4) is 0 Å². The van der Waals surface area contributed by atoms with E-state index >= 15 is 0 Å². The lowest BCUT2D eigenvalue weighted by molar-refractivity contribution is -0.121. The molecule has 122 valence electrons. The highest BCUT2D eigenvalue weighted by molar-refractivity contribution is 8.18. The van der Waals surface area contributed by atoms with Gasteiger partial charge in [-0.05, 0) is 36.9 Å².